The molecule has 0 saturated carbocycles. The quantitative estimate of drug-likeness (QED) is 0.263. The molecule has 0 spiro atoms. The molecule has 0 saturated heterocycles. The van der Waals surface area contributed by atoms with Gasteiger partial charge in [0.1, 0.15) is 0 Å². The SMILES string of the molecule is [CH2]CCCC(Br)CCCCCCCCCCC. The molecule has 0 aromatic carbocycles. The van der Waals surface area contributed by atoms with Crippen molar-refractivity contribution in [2.75, 3.05) is 0 Å². The van der Waals surface area contributed by atoms with E-state index in [1.807, 2.05) is 0 Å². The summed E-state index contributed by atoms with van der Waals surface area (Å²) in [5.74, 6) is 0. The molecule has 0 aliphatic heterocycles. The molecule has 0 aliphatic rings. The van der Waals surface area contributed by atoms with E-state index in [9.17, 15) is 0 Å². The van der Waals surface area contributed by atoms with Crippen LogP contribution in [0.4, 0.5) is 0 Å². The van der Waals surface area contributed by atoms with Crippen LogP contribution < -0.4 is 0 Å². The molecule has 0 amide bonds. The molecular formula is C16H32Br. The molecule has 0 aromatic heterocycles. The summed E-state index contributed by atoms with van der Waals surface area (Å²) in [6.45, 7) is 6.17. The maximum Gasteiger partial charge on any atom is 0.0145 e. The van der Waals surface area contributed by atoms with Crippen molar-refractivity contribution < 1.29 is 0 Å². The highest BCUT2D eigenvalue weighted by Gasteiger charge is 2.02. The van der Waals surface area contributed by atoms with Crippen molar-refractivity contribution >= 4 is 15.9 Å². The van der Waals surface area contributed by atoms with Gasteiger partial charge in [0.15, 0.2) is 0 Å². The van der Waals surface area contributed by atoms with Crippen LogP contribution >= 0.6 is 15.9 Å². The van der Waals surface area contributed by atoms with Gasteiger partial charge in [-0.3, -0.25) is 0 Å². The summed E-state index contributed by atoms with van der Waals surface area (Å²) in [4.78, 5) is 0.744. The van der Waals surface area contributed by atoms with Gasteiger partial charge in [-0.1, -0.05) is 100 Å². The molecule has 0 bridgehead atoms. The second-order valence-corrected chi connectivity index (χ2v) is 6.51. The number of halogens is 1. The Hall–Kier alpha value is 0.480. The number of rotatable bonds is 13. The van der Waals surface area contributed by atoms with Crippen LogP contribution in [0, 0.1) is 6.92 Å². The Balaban J connectivity index is 3.02. The zero-order chi connectivity index (χ0) is 12.8. The second kappa shape index (κ2) is 14.5. The van der Waals surface area contributed by atoms with Crippen LogP contribution in [0.5, 0.6) is 0 Å². The second-order valence-electron chi connectivity index (χ2n) is 5.21. The fourth-order valence-electron chi connectivity index (χ4n) is 2.19. The van der Waals surface area contributed by atoms with Gasteiger partial charge in [0, 0.05) is 4.83 Å². The third-order valence-electron chi connectivity index (χ3n) is 3.39. The molecule has 1 unspecified atom stereocenters. The van der Waals surface area contributed by atoms with Gasteiger partial charge in [-0.25, -0.2) is 0 Å². The van der Waals surface area contributed by atoms with Crippen molar-refractivity contribution in [1.82, 2.24) is 0 Å². The van der Waals surface area contributed by atoms with Crippen molar-refractivity contribution in [3.05, 3.63) is 6.92 Å². The first-order valence-electron chi connectivity index (χ1n) is 7.74. The predicted molar refractivity (Wildman–Crippen MR) is 83.8 cm³/mol. The van der Waals surface area contributed by atoms with Crippen LogP contribution in [0.1, 0.15) is 90.4 Å². The fraction of sp³-hybridized carbons (Fsp3) is 0.938. The monoisotopic (exact) mass is 303 g/mol. The average Bonchev–Trinajstić information content (AvgIpc) is 2.34. The van der Waals surface area contributed by atoms with Gasteiger partial charge in [0.05, 0.1) is 0 Å². The summed E-state index contributed by atoms with van der Waals surface area (Å²) in [5.41, 5.74) is 0. The van der Waals surface area contributed by atoms with Crippen molar-refractivity contribution in [2.24, 2.45) is 0 Å². The molecular weight excluding hydrogens is 272 g/mol. The number of hydrogen-bond acceptors (Lipinski definition) is 0. The molecule has 1 heteroatoms. The van der Waals surface area contributed by atoms with Gasteiger partial charge in [-0.15, -0.1) is 0 Å². The number of alkyl halides is 1. The van der Waals surface area contributed by atoms with Crippen LogP contribution in [0.2, 0.25) is 0 Å². The molecule has 0 aliphatic carbocycles. The number of hydrogen-bond donors (Lipinski definition) is 0. The lowest BCUT2D eigenvalue weighted by molar-refractivity contribution is 0.546. The van der Waals surface area contributed by atoms with Crippen molar-refractivity contribution in [3.8, 4) is 0 Å². The van der Waals surface area contributed by atoms with Gasteiger partial charge in [0.25, 0.3) is 0 Å². The normalized spacial score (nSPS) is 12.9. The minimum absolute atomic E-state index is 0.744. The summed E-state index contributed by atoms with van der Waals surface area (Å²) < 4.78 is 0. The first-order chi connectivity index (χ1) is 8.31. The third-order valence-corrected chi connectivity index (χ3v) is 4.30. The van der Waals surface area contributed by atoms with Crippen LogP contribution in [0.3, 0.4) is 0 Å². The van der Waals surface area contributed by atoms with Crippen LogP contribution in [-0.2, 0) is 0 Å². The summed E-state index contributed by atoms with van der Waals surface area (Å²) >= 11 is 3.76. The Morgan fingerprint density at radius 1 is 0.765 bits per heavy atom. The standard InChI is InChI=1S/C16H32Br/c1-3-5-7-8-9-10-11-12-13-15-16(17)14-6-4-2/h16H,2-15H2,1H3. The largest absolute Gasteiger partial charge is 0.0891 e. The average molecular weight is 304 g/mol. The molecule has 1 radical (unpaired) electrons. The zero-order valence-corrected chi connectivity index (χ0v) is 13.4. The lowest BCUT2D eigenvalue weighted by Gasteiger charge is -2.08. The van der Waals surface area contributed by atoms with Crippen LogP contribution in [0.25, 0.3) is 0 Å². The third kappa shape index (κ3) is 14.4. The van der Waals surface area contributed by atoms with Gasteiger partial charge in [0.2, 0.25) is 0 Å². The van der Waals surface area contributed by atoms with E-state index in [2.05, 4.69) is 29.8 Å². The lowest BCUT2D eigenvalue weighted by Crippen LogP contribution is -1.97. The number of unbranched alkanes of at least 4 members (excludes halogenated alkanes) is 9. The smallest absolute Gasteiger partial charge is 0.0145 e. The van der Waals surface area contributed by atoms with Gasteiger partial charge < -0.3 is 0 Å². The molecule has 1 atom stereocenters. The summed E-state index contributed by atoms with van der Waals surface area (Å²) in [5, 5.41) is 0. The van der Waals surface area contributed by atoms with E-state index in [0.717, 1.165) is 11.2 Å². The van der Waals surface area contributed by atoms with E-state index in [4.69, 9.17) is 0 Å². The highest BCUT2D eigenvalue weighted by atomic mass is 79.9. The van der Waals surface area contributed by atoms with Gasteiger partial charge >= 0.3 is 0 Å². The topological polar surface area (TPSA) is 0 Å². The van der Waals surface area contributed by atoms with E-state index in [1.165, 1.54) is 77.0 Å². The Bertz CT molecular complexity index is 133. The molecule has 0 nitrogen and oxygen atoms in total. The Kier molecular flexibility index (Phi) is 15.0. The highest BCUT2D eigenvalue weighted by Crippen LogP contribution is 2.18. The summed E-state index contributed by atoms with van der Waals surface area (Å²) in [6.07, 6.45) is 17.9. The van der Waals surface area contributed by atoms with E-state index in [0.29, 0.717) is 0 Å². The van der Waals surface area contributed by atoms with Gasteiger partial charge in [-0.2, -0.15) is 0 Å². The molecule has 17 heavy (non-hydrogen) atoms. The van der Waals surface area contributed by atoms with Crippen molar-refractivity contribution in [3.63, 3.8) is 0 Å². The minimum atomic E-state index is 0.744. The van der Waals surface area contributed by atoms with E-state index in [-0.39, 0.29) is 0 Å². The Morgan fingerprint density at radius 3 is 1.76 bits per heavy atom. The van der Waals surface area contributed by atoms with Crippen molar-refractivity contribution in [2.45, 2.75) is 95.2 Å². The first-order valence-corrected chi connectivity index (χ1v) is 8.66. The molecule has 0 heterocycles. The van der Waals surface area contributed by atoms with Crippen LogP contribution in [0.15, 0.2) is 0 Å². The zero-order valence-electron chi connectivity index (χ0n) is 11.9. The first kappa shape index (κ1) is 17.5. The summed E-state index contributed by atoms with van der Waals surface area (Å²) in [6, 6.07) is 0. The molecule has 0 fully saturated rings. The van der Waals surface area contributed by atoms with Crippen LogP contribution in [-0.4, -0.2) is 4.83 Å². The maximum absolute atomic E-state index is 3.89. The Labute approximate surface area is 118 Å². The van der Waals surface area contributed by atoms with E-state index in [1.54, 1.807) is 0 Å². The molecule has 0 aromatic rings. The molecule has 0 rings (SSSR count). The van der Waals surface area contributed by atoms with E-state index < -0.39 is 0 Å². The summed E-state index contributed by atoms with van der Waals surface area (Å²) in [7, 11) is 0. The lowest BCUT2D eigenvalue weighted by atomic mass is 10.0. The highest BCUT2D eigenvalue weighted by molar-refractivity contribution is 9.09. The molecule has 103 valence electrons. The Morgan fingerprint density at radius 2 is 1.24 bits per heavy atom. The fourth-order valence-corrected chi connectivity index (χ4v) is 2.83. The van der Waals surface area contributed by atoms with Gasteiger partial charge in [-0.05, 0) is 12.8 Å². The minimum Gasteiger partial charge on any atom is -0.0891 e. The maximum atomic E-state index is 3.89. The molecule has 0 N–H and O–H groups in total. The van der Waals surface area contributed by atoms with E-state index >= 15 is 0 Å². The predicted octanol–water partition coefficient (Wildman–Crippen LogP) is 6.68. The van der Waals surface area contributed by atoms with Crippen molar-refractivity contribution in [1.29, 1.82) is 0 Å².